The molecule has 2 N–H and O–H groups in total. The molecule has 2 rings (SSSR count). The molecule has 1 saturated carbocycles. The van der Waals surface area contributed by atoms with Crippen LogP contribution < -0.4 is 10.6 Å². The molecule has 1 aromatic rings. The largest absolute Gasteiger partial charge is 0.354 e. The second-order valence-corrected chi connectivity index (χ2v) is 4.91. The number of hydrogen-bond acceptors (Lipinski definition) is 3. The number of hydrogen-bond donors (Lipinski definition) is 2. The molecule has 6 heteroatoms. The number of halogens is 1. The molecule has 0 unspecified atom stereocenters. The first-order valence-electron chi connectivity index (χ1n) is 5.85. The lowest BCUT2D eigenvalue weighted by Gasteiger charge is -2.07. The minimum Gasteiger partial charge on any atom is -0.354 e. The van der Waals surface area contributed by atoms with Crippen LogP contribution in [0.2, 0.25) is 0 Å². The predicted octanol–water partition coefficient (Wildman–Crippen LogP) is 1.10. The lowest BCUT2D eigenvalue weighted by molar-refractivity contribution is -0.122. The van der Waals surface area contributed by atoms with Crippen molar-refractivity contribution in [1.82, 2.24) is 15.6 Å². The molecular weight excluding hydrogens is 298 g/mol. The van der Waals surface area contributed by atoms with E-state index in [1.807, 2.05) is 0 Å². The minimum absolute atomic E-state index is 0.0896. The highest BCUT2D eigenvalue weighted by Gasteiger charge is 2.28. The summed E-state index contributed by atoms with van der Waals surface area (Å²) in [5.74, 6) is 0.0932. The monoisotopic (exact) mass is 311 g/mol. The summed E-state index contributed by atoms with van der Waals surface area (Å²) >= 11 is 3.21. The van der Waals surface area contributed by atoms with Crippen molar-refractivity contribution in [1.29, 1.82) is 0 Å². The number of nitrogens with one attached hydrogen (secondary N) is 2. The van der Waals surface area contributed by atoms with E-state index >= 15 is 0 Å². The Morgan fingerprint density at radius 3 is 2.72 bits per heavy atom. The third-order valence-corrected chi connectivity index (χ3v) is 3.29. The number of carbonyl (C=O) groups excluding carboxylic acids is 2. The van der Waals surface area contributed by atoms with Gasteiger partial charge >= 0.3 is 0 Å². The smallest absolute Gasteiger partial charge is 0.254 e. The van der Waals surface area contributed by atoms with Crippen molar-refractivity contribution in [3.63, 3.8) is 0 Å². The molecule has 1 aromatic heterocycles. The summed E-state index contributed by atoms with van der Waals surface area (Å²) in [6, 6.07) is 3.39. The van der Waals surface area contributed by atoms with Gasteiger partial charge in [0.15, 0.2) is 0 Å². The van der Waals surface area contributed by atoms with Crippen LogP contribution in [-0.4, -0.2) is 29.9 Å². The number of amides is 2. The first kappa shape index (κ1) is 13.0. The molecule has 0 bridgehead atoms. The molecule has 0 radical (unpaired) electrons. The molecule has 18 heavy (non-hydrogen) atoms. The molecule has 5 nitrogen and oxygen atoms in total. The van der Waals surface area contributed by atoms with Crippen molar-refractivity contribution in [2.24, 2.45) is 5.92 Å². The lowest BCUT2D eigenvalue weighted by atomic mass is 10.3. The fourth-order valence-corrected chi connectivity index (χ4v) is 1.93. The molecule has 1 heterocycles. The number of rotatable bonds is 5. The zero-order chi connectivity index (χ0) is 13.0. The summed E-state index contributed by atoms with van der Waals surface area (Å²) in [6.07, 6.45) is 3.58. The topological polar surface area (TPSA) is 71.1 Å². The molecule has 1 fully saturated rings. The van der Waals surface area contributed by atoms with Gasteiger partial charge in [0.2, 0.25) is 5.91 Å². The molecule has 0 saturated heterocycles. The van der Waals surface area contributed by atoms with Gasteiger partial charge < -0.3 is 10.6 Å². The van der Waals surface area contributed by atoms with Crippen LogP contribution in [0.1, 0.15) is 23.2 Å². The predicted molar refractivity (Wildman–Crippen MR) is 70.0 cm³/mol. The quantitative estimate of drug-likeness (QED) is 0.632. The highest BCUT2D eigenvalue weighted by molar-refractivity contribution is 9.10. The maximum atomic E-state index is 11.8. The third kappa shape index (κ3) is 3.53. The Balaban J connectivity index is 1.71. The van der Waals surface area contributed by atoms with E-state index < -0.39 is 0 Å². The van der Waals surface area contributed by atoms with Gasteiger partial charge in [0.1, 0.15) is 4.60 Å². The van der Waals surface area contributed by atoms with Gasteiger partial charge in [-0.1, -0.05) is 0 Å². The van der Waals surface area contributed by atoms with Crippen LogP contribution in [0.25, 0.3) is 0 Å². The van der Waals surface area contributed by atoms with Gasteiger partial charge in [-0.25, -0.2) is 4.98 Å². The summed E-state index contributed by atoms with van der Waals surface area (Å²) in [5.41, 5.74) is 0.492. The van der Waals surface area contributed by atoms with Crippen molar-refractivity contribution < 1.29 is 9.59 Å². The zero-order valence-corrected chi connectivity index (χ0v) is 11.4. The molecule has 1 aliphatic rings. The first-order valence-corrected chi connectivity index (χ1v) is 6.64. The standard InChI is InChI=1S/C12H14BrN3O2/c13-10-9(2-1-5-14-10)12(18)16-7-6-15-11(17)8-3-4-8/h1-2,5,8H,3-4,6-7H2,(H,15,17)(H,16,18). The van der Waals surface area contributed by atoms with Crippen LogP contribution in [0, 0.1) is 5.92 Å². The maximum absolute atomic E-state index is 11.8. The SMILES string of the molecule is O=C(NCCNC(=O)C1CC1)c1cccnc1Br. The van der Waals surface area contributed by atoms with E-state index in [0.717, 1.165) is 12.8 Å². The Hall–Kier alpha value is -1.43. The summed E-state index contributed by atoms with van der Waals surface area (Å²) < 4.78 is 0.518. The Morgan fingerprint density at radius 1 is 1.33 bits per heavy atom. The van der Waals surface area contributed by atoms with Gasteiger partial charge in [0.05, 0.1) is 5.56 Å². The van der Waals surface area contributed by atoms with Gasteiger partial charge in [-0.05, 0) is 40.9 Å². The van der Waals surface area contributed by atoms with Gasteiger partial charge in [-0.15, -0.1) is 0 Å². The van der Waals surface area contributed by atoms with Crippen LogP contribution in [0.3, 0.4) is 0 Å². The Bertz CT molecular complexity index is 460. The second kappa shape index (κ2) is 5.95. The van der Waals surface area contributed by atoms with Gasteiger partial charge in [-0.2, -0.15) is 0 Å². The van der Waals surface area contributed by atoms with Gasteiger partial charge in [0.25, 0.3) is 5.91 Å². The molecule has 2 amide bonds. The van der Waals surface area contributed by atoms with Crippen molar-refractivity contribution in [3.05, 3.63) is 28.5 Å². The zero-order valence-electron chi connectivity index (χ0n) is 9.78. The van der Waals surface area contributed by atoms with Crippen molar-refractivity contribution in [2.75, 3.05) is 13.1 Å². The van der Waals surface area contributed by atoms with E-state index in [1.165, 1.54) is 0 Å². The minimum atomic E-state index is -0.198. The number of nitrogens with zero attached hydrogens (tertiary/aromatic N) is 1. The molecule has 0 aliphatic heterocycles. The fourth-order valence-electron chi connectivity index (χ4n) is 1.50. The molecular formula is C12H14BrN3O2. The molecule has 1 aliphatic carbocycles. The van der Waals surface area contributed by atoms with Gasteiger partial charge in [0, 0.05) is 25.2 Å². The first-order chi connectivity index (χ1) is 8.68. The maximum Gasteiger partial charge on any atom is 0.254 e. The highest BCUT2D eigenvalue weighted by Crippen LogP contribution is 2.28. The van der Waals surface area contributed by atoms with E-state index in [9.17, 15) is 9.59 Å². The van der Waals surface area contributed by atoms with Gasteiger partial charge in [-0.3, -0.25) is 9.59 Å². The second-order valence-electron chi connectivity index (χ2n) is 4.16. The highest BCUT2D eigenvalue weighted by atomic mass is 79.9. The Morgan fingerprint density at radius 2 is 2.06 bits per heavy atom. The fraction of sp³-hybridized carbons (Fsp3) is 0.417. The van der Waals surface area contributed by atoms with E-state index in [2.05, 4.69) is 31.5 Å². The van der Waals surface area contributed by atoms with Crippen LogP contribution in [0.5, 0.6) is 0 Å². The van der Waals surface area contributed by atoms with Crippen LogP contribution in [0.4, 0.5) is 0 Å². The van der Waals surface area contributed by atoms with E-state index in [4.69, 9.17) is 0 Å². The number of carbonyl (C=O) groups is 2. The van der Waals surface area contributed by atoms with Crippen molar-refractivity contribution >= 4 is 27.7 Å². The molecule has 0 atom stereocenters. The summed E-state index contributed by atoms with van der Waals surface area (Å²) in [6.45, 7) is 0.873. The molecule has 96 valence electrons. The van der Waals surface area contributed by atoms with E-state index in [0.29, 0.717) is 23.3 Å². The molecule has 0 aromatic carbocycles. The van der Waals surface area contributed by atoms with Crippen LogP contribution in [-0.2, 0) is 4.79 Å². The normalized spacial score (nSPS) is 14.1. The molecule has 0 spiro atoms. The average molecular weight is 312 g/mol. The Labute approximate surface area is 113 Å². The van der Waals surface area contributed by atoms with Crippen LogP contribution in [0.15, 0.2) is 22.9 Å². The number of pyridine rings is 1. The summed E-state index contributed by atoms with van der Waals surface area (Å²) in [7, 11) is 0. The van der Waals surface area contributed by atoms with Crippen molar-refractivity contribution in [2.45, 2.75) is 12.8 Å². The number of aromatic nitrogens is 1. The average Bonchev–Trinajstić information content (AvgIpc) is 3.19. The Kier molecular flexibility index (Phi) is 4.30. The van der Waals surface area contributed by atoms with Crippen LogP contribution >= 0.6 is 15.9 Å². The van der Waals surface area contributed by atoms with E-state index in [1.54, 1.807) is 18.3 Å². The summed E-state index contributed by atoms with van der Waals surface area (Å²) in [4.78, 5) is 27.1. The third-order valence-electron chi connectivity index (χ3n) is 2.66. The lowest BCUT2D eigenvalue weighted by Crippen LogP contribution is -2.35. The van der Waals surface area contributed by atoms with E-state index in [-0.39, 0.29) is 17.7 Å². The summed E-state index contributed by atoms with van der Waals surface area (Å²) in [5, 5.41) is 5.52. The van der Waals surface area contributed by atoms with Crippen molar-refractivity contribution in [3.8, 4) is 0 Å².